The Morgan fingerprint density at radius 1 is 0.163 bits per heavy atom. The lowest BCUT2D eigenvalue weighted by molar-refractivity contribution is 1.32. The van der Waals surface area contributed by atoms with E-state index in [9.17, 15) is 0 Å². The summed E-state index contributed by atoms with van der Waals surface area (Å²) in [6, 6.07) is 74.3. The minimum atomic E-state index is 1.03. The van der Waals surface area contributed by atoms with Crippen molar-refractivity contribution in [3.63, 3.8) is 0 Å². The van der Waals surface area contributed by atoms with Crippen LogP contribution in [0.1, 0.15) is 66.8 Å². The topological polar surface area (TPSA) is 0 Å². The molecule has 0 saturated heterocycles. The standard InChI is InChI=1S/C78H68Br2/c1-45-37-49(5)69(50(6)38-45)57-13-21-61(22-14-57)73-74(62-23-15-58(16-24-62)70-51(7)39-46(2)40-52(70)8)78(66-31-35-68(80)36-32-66)76(64-27-19-60(20-28-64)72-55(11)43-48(4)44-56(72)12)75(77(73)65-29-33-67(79)34-30-65)63-25-17-59(18-26-63)71-53(9)41-47(3)42-54(71)10/h13-44H,1-12H3. The van der Waals surface area contributed by atoms with E-state index in [1.807, 2.05) is 0 Å². The van der Waals surface area contributed by atoms with Gasteiger partial charge in [-0.25, -0.2) is 0 Å². The number of hydrogen-bond donors (Lipinski definition) is 0. The predicted molar refractivity (Wildman–Crippen MR) is 353 cm³/mol. The summed E-state index contributed by atoms with van der Waals surface area (Å²) in [6.45, 7) is 26.7. The molecular weight excluding hydrogens is 1100 g/mol. The van der Waals surface area contributed by atoms with Gasteiger partial charge in [0.05, 0.1) is 0 Å². The Labute approximate surface area is 492 Å². The van der Waals surface area contributed by atoms with Gasteiger partial charge in [-0.3, -0.25) is 0 Å². The van der Waals surface area contributed by atoms with Crippen LogP contribution in [-0.2, 0) is 0 Å². The van der Waals surface area contributed by atoms with Crippen LogP contribution in [0.4, 0.5) is 0 Å². The van der Waals surface area contributed by atoms with Crippen molar-refractivity contribution in [1.82, 2.24) is 0 Å². The summed E-state index contributed by atoms with van der Waals surface area (Å²) in [6.07, 6.45) is 0. The van der Waals surface area contributed by atoms with Gasteiger partial charge in [0.15, 0.2) is 0 Å². The van der Waals surface area contributed by atoms with Crippen LogP contribution in [0.5, 0.6) is 0 Å². The average molecular weight is 1170 g/mol. The fourth-order valence-electron chi connectivity index (χ4n) is 13.5. The Hall–Kier alpha value is -7.62. The Balaban J connectivity index is 1.31. The first-order valence-corrected chi connectivity index (χ1v) is 29.5. The number of rotatable bonds is 10. The second kappa shape index (κ2) is 22.1. The van der Waals surface area contributed by atoms with Crippen LogP contribution in [0.25, 0.3) is 111 Å². The molecule has 0 heterocycles. The van der Waals surface area contributed by atoms with Gasteiger partial charge in [-0.05, 0) is 263 Å². The molecule has 0 nitrogen and oxygen atoms in total. The molecule has 0 aliphatic rings. The zero-order valence-corrected chi connectivity index (χ0v) is 51.4. The van der Waals surface area contributed by atoms with Crippen LogP contribution < -0.4 is 0 Å². The van der Waals surface area contributed by atoms with Crippen molar-refractivity contribution in [2.24, 2.45) is 0 Å². The van der Waals surface area contributed by atoms with E-state index in [2.05, 4.69) is 309 Å². The lowest BCUT2D eigenvalue weighted by Gasteiger charge is -2.29. The van der Waals surface area contributed by atoms with Crippen molar-refractivity contribution in [2.75, 3.05) is 0 Å². The zero-order chi connectivity index (χ0) is 56.3. The molecule has 0 bridgehead atoms. The predicted octanol–water partition coefficient (Wildman–Crippen LogP) is 23.6. The summed E-state index contributed by atoms with van der Waals surface area (Å²) in [5.74, 6) is 0. The molecule has 0 atom stereocenters. The minimum Gasteiger partial charge on any atom is -0.0557 e. The first-order chi connectivity index (χ1) is 38.4. The highest BCUT2D eigenvalue weighted by Gasteiger charge is 2.30. The van der Waals surface area contributed by atoms with Crippen LogP contribution in [0.2, 0.25) is 0 Å². The molecule has 11 aromatic rings. The van der Waals surface area contributed by atoms with Crippen molar-refractivity contribution >= 4 is 31.9 Å². The monoisotopic (exact) mass is 1160 g/mol. The van der Waals surface area contributed by atoms with E-state index in [1.54, 1.807) is 0 Å². The molecule has 0 aromatic heterocycles. The molecular formula is C78H68Br2. The molecule has 0 N–H and O–H groups in total. The number of benzene rings is 11. The van der Waals surface area contributed by atoms with E-state index in [1.165, 1.54) is 145 Å². The Morgan fingerprint density at radius 3 is 0.412 bits per heavy atom. The van der Waals surface area contributed by atoms with Gasteiger partial charge < -0.3 is 0 Å². The maximum atomic E-state index is 3.86. The second-order valence-electron chi connectivity index (χ2n) is 22.7. The fourth-order valence-corrected chi connectivity index (χ4v) is 14.0. The van der Waals surface area contributed by atoms with Crippen LogP contribution in [0.3, 0.4) is 0 Å². The maximum Gasteiger partial charge on any atom is 0.0175 e. The third-order valence-corrected chi connectivity index (χ3v) is 17.4. The molecule has 0 radical (unpaired) electrons. The van der Waals surface area contributed by atoms with Gasteiger partial charge in [-0.1, -0.05) is 224 Å². The van der Waals surface area contributed by atoms with Crippen molar-refractivity contribution < 1.29 is 0 Å². The summed E-state index contributed by atoms with van der Waals surface area (Å²) < 4.78 is 2.07. The van der Waals surface area contributed by atoms with Crippen molar-refractivity contribution in [3.05, 3.63) is 270 Å². The minimum absolute atomic E-state index is 1.03. The largest absolute Gasteiger partial charge is 0.0557 e. The van der Waals surface area contributed by atoms with E-state index >= 15 is 0 Å². The Morgan fingerprint density at radius 2 is 0.275 bits per heavy atom. The Bertz CT molecular complexity index is 3580. The lowest BCUT2D eigenvalue weighted by atomic mass is 9.73. The molecule has 0 amide bonds. The fraction of sp³-hybridized carbons (Fsp3) is 0.154. The number of halogens is 2. The van der Waals surface area contributed by atoms with Gasteiger partial charge >= 0.3 is 0 Å². The lowest BCUT2D eigenvalue weighted by Crippen LogP contribution is -2.02. The van der Waals surface area contributed by atoms with Crippen LogP contribution in [0, 0.1) is 83.1 Å². The van der Waals surface area contributed by atoms with E-state index in [-0.39, 0.29) is 0 Å². The second-order valence-corrected chi connectivity index (χ2v) is 24.5. The molecule has 0 aliphatic heterocycles. The highest BCUT2D eigenvalue weighted by atomic mass is 79.9. The van der Waals surface area contributed by atoms with E-state index in [4.69, 9.17) is 0 Å². The molecule has 0 spiro atoms. The highest BCUT2D eigenvalue weighted by Crippen LogP contribution is 2.57. The first kappa shape index (κ1) is 54.3. The molecule has 0 unspecified atom stereocenters. The molecule has 0 saturated carbocycles. The number of aryl methyl sites for hydroxylation is 12. The molecule has 394 valence electrons. The molecule has 11 aromatic carbocycles. The molecule has 80 heavy (non-hydrogen) atoms. The molecule has 0 fully saturated rings. The van der Waals surface area contributed by atoms with Crippen molar-refractivity contribution in [1.29, 1.82) is 0 Å². The molecule has 0 aliphatic carbocycles. The smallest absolute Gasteiger partial charge is 0.0175 e. The summed E-state index contributed by atoms with van der Waals surface area (Å²) >= 11 is 7.73. The van der Waals surface area contributed by atoms with Gasteiger partial charge in [0.1, 0.15) is 0 Å². The van der Waals surface area contributed by atoms with Gasteiger partial charge in [0, 0.05) is 8.95 Å². The van der Waals surface area contributed by atoms with Crippen LogP contribution in [0.15, 0.2) is 203 Å². The molecule has 2 heteroatoms. The normalized spacial score (nSPS) is 11.4. The van der Waals surface area contributed by atoms with Crippen molar-refractivity contribution in [3.8, 4) is 111 Å². The molecule has 11 rings (SSSR count). The van der Waals surface area contributed by atoms with E-state index in [0.717, 1.165) is 42.3 Å². The van der Waals surface area contributed by atoms with E-state index in [0.29, 0.717) is 0 Å². The summed E-state index contributed by atoms with van der Waals surface area (Å²) in [5.41, 5.74) is 39.4. The van der Waals surface area contributed by atoms with Gasteiger partial charge in [0.25, 0.3) is 0 Å². The summed E-state index contributed by atoms with van der Waals surface area (Å²) in [7, 11) is 0. The third kappa shape index (κ3) is 10.4. The number of hydrogen-bond acceptors (Lipinski definition) is 0. The Kier molecular flexibility index (Phi) is 15.0. The van der Waals surface area contributed by atoms with E-state index < -0.39 is 0 Å². The highest BCUT2D eigenvalue weighted by molar-refractivity contribution is 9.10. The van der Waals surface area contributed by atoms with Crippen molar-refractivity contribution in [2.45, 2.75) is 83.1 Å². The summed E-state index contributed by atoms with van der Waals surface area (Å²) in [5, 5.41) is 0. The van der Waals surface area contributed by atoms with Gasteiger partial charge in [-0.2, -0.15) is 0 Å². The SMILES string of the molecule is Cc1cc(C)c(-c2ccc(-c3c(-c4ccc(Br)cc4)c(-c4ccc(-c5c(C)cc(C)cc5C)cc4)c(-c4ccc(-c5c(C)cc(C)cc5C)cc4)c(-c4ccc(Br)cc4)c3-c3ccc(-c4c(C)cc(C)cc4C)cc3)cc2)c(C)c1. The first-order valence-electron chi connectivity index (χ1n) is 27.9. The summed E-state index contributed by atoms with van der Waals surface area (Å²) in [4.78, 5) is 0. The van der Waals surface area contributed by atoms with Gasteiger partial charge in [-0.15, -0.1) is 0 Å². The van der Waals surface area contributed by atoms with Gasteiger partial charge in [0.2, 0.25) is 0 Å². The van der Waals surface area contributed by atoms with Crippen LogP contribution >= 0.6 is 31.9 Å². The van der Waals surface area contributed by atoms with Crippen LogP contribution in [-0.4, -0.2) is 0 Å². The maximum absolute atomic E-state index is 3.86. The zero-order valence-electron chi connectivity index (χ0n) is 48.2. The third-order valence-electron chi connectivity index (χ3n) is 16.3. The average Bonchev–Trinajstić information content (AvgIpc) is 3.50. The quantitative estimate of drug-likeness (QED) is 0.128.